The second-order valence-electron chi connectivity index (χ2n) is 8.16. The summed E-state index contributed by atoms with van der Waals surface area (Å²) in [4.78, 5) is 19.3. The number of aryl methyl sites for hydroxylation is 2. The Morgan fingerprint density at radius 3 is 1.39 bits per heavy atom. The molecule has 9 nitrogen and oxygen atoms in total. The third-order valence-electron chi connectivity index (χ3n) is 5.39. The molecule has 0 spiro atoms. The minimum Gasteiger partial charge on any atom is -0.419 e. The predicted octanol–water partition coefficient (Wildman–Crippen LogP) is 5.12. The van der Waals surface area contributed by atoms with Gasteiger partial charge in [-0.1, -0.05) is 0 Å². The van der Waals surface area contributed by atoms with Crippen molar-refractivity contribution in [2.45, 2.75) is 52.9 Å². The lowest BCUT2D eigenvalue weighted by atomic mass is 9.96. The summed E-state index contributed by atoms with van der Waals surface area (Å²) >= 11 is 0. The molecule has 0 amide bonds. The van der Waals surface area contributed by atoms with E-state index in [0.717, 1.165) is 0 Å². The minimum atomic E-state index is -4.53. The zero-order valence-corrected chi connectivity index (χ0v) is 19.2. The summed E-state index contributed by atoms with van der Waals surface area (Å²) in [5.41, 5.74) is 2.36. The molecule has 4 aromatic rings. The molecule has 192 valence electrons. The van der Waals surface area contributed by atoms with Gasteiger partial charge in [0.05, 0.1) is 0 Å². The van der Waals surface area contributed by atoms with Crippen LogP contribution in [0.4, 0.5) is 26.3 Å². The zero-order valence-electron chi connectivity index (χ0n) is 19.2. The van der Waals surface area contributed by atoms with Crippen molar-refractivity contribution in [3.63, 3.8) is 0 Å². The topological polar surface area (TPSA) is 126 Å². The molecule has 36 heavy (non-hydrogen) atoms. The third-order valence-corrected chi connectivity index (χ3v) is 5.39. The largest absolute Gasteiger partial charge is 0.419 e. The van der Waals surface area contributed by atoms with Crippen LogP contribution in [0.2, 0.25) is 0 Å². The number of alkyl halides is 6. The fourth-order valence-corrected chi connectivity index (χ4v) is 3.93. The van der Waals surface area contributed by atoms with E-state index in [0.29, 0.717) is 22.5 Å². The van der Waals surface area contributed by atoms with Crippen LogP contribution < -0.4 is 0 Å². The van der Waals surface area contributed by atoms with Crippen LogP contribution in [-0.2, 0) is 12.8 Å². The van der Waals surface area contributed by atoms with Crippen molar-refractivity contribution in [3.05, 3.63) is 45.4 Å². The lowest BCUT2D eigenvalue weighted by Crippen LogP contribution is -2.11. The van der Waals surface area contributed by atoms with Crippen LogP contribution in [-0.4, -0.2) is 48.5 Å². The molecule has 4 aromatic heterocycles. The molecule has 4 heterocycles. The van der Waals surface area contributed by atoms with E-state index in [1.165, 1.54) is 0 Å². The number of aromatic amines is 2. The van der Waals surface area contributed by atoms with E-state index < -0.39 is 42.8 Å². The van der Waals surface area contributed by atoms with E-state index in [1.807, 2.05) is 0 Å². The number of halogens is 6. The van der Waals surface area contributed by atoms with E-state index in [1.54, 1.807) is 27.7 Å². The van der Waals surface area contributed by atoms with Gasteiger partial charge in [-0.2, -0.15) is 26.3 Å². The highest BCUT2D eigenvalue weighted by Gasteiger charge is 2.33. The number of ketones is 1. The van der Waals surface area contributed by atoms with Gasteiger partial charge in [0.2, 0.25) is 11.8 Å². The molecule has 4 rings (SSSR count). The SMILES string of the molecule is Cc1[nH]c(-c2nnc(CC(F)(F)F)o2)c(C)c1C(=O)c1c(C)[nH]c(-c2nnc(CC(F)(F)F)o2)c1C. The standard InChI is InChI=1S/C21H18F6N6O3/c1-7-13(9(3)28-15(7)18-32-30-11(35-18)5-20(22,23)24)17(34)14-8(2)16(29-10(14)4)19-33-31-12(36-19)6-21(25,26)27/h28-29H,5-6H2,1-4H3. The maximum Gasteiger partial charge on any atom is 0.397 e. The first-order valence-corrected chi connectivity index (χ1v) is 10.4. The highest BCUT2D eigenvalue weighted by atomic mass is 19.4. The molecule has 0 unspecified atom stereocenters. The summed E-state index contributed by atoms with van der Waals surface area (Å²) < 4.78 is 86.0. The molecule has 0 atom stereocenters. The Labute approximate surface area is 198 Å². The summed E-state index contributed by atoms with van der Waals surface area (Å²) in [6.07, 6.45) is -11.8. The van der Waals surface area contributed by atoms with Crippen LogP contribution in [0.25, 0.3) is 23.2 Å². The van der Waals surface area contributed by atoms with Gasteiger partial charge in [0.15, 0.2) is 5.78 Å². The number of carbonyl (C=O) groups is 1. The van der Waals surface area contributed by atoms with E-state index in [-0.39, 0.29) is 34.3 Å². The zero-order chi connectivity index (χ0) is 26.6. The molecular weight excluding hydrogens is 498 g/mol. The lowest BCUT2D eigenvalue weighted by molar-refractivity contribution is -0.131. The lowest BCUT2D eigenvalue weighted by Gasteiger charge is -2.04. The molecule has 15 heteroatoms. The molecule has 0 aromatic carbocycles. The van der Waals surface area contributed by atoms with Crippen molar-refractivity contribution in [3.8, 4) is 23.2 Å². The minimum absolute atomic E-state index is 0.191. The molecular formula is C21H18F6N6O3. The van der Waals surface area contributed by atoms with Gasteiger partial charge in [0, 0.05) is 22.5 Å². The van der Waals surface area contributed by atoms with Gasteiger partial charge >= 0.3 is 12.4 Å². The summed E-state index contributed by atoms with van der Waals surface area (Å²) in [6, 6.07) is 0. The maximum atomic E-state index is 13.5. The van der Waals surface area contributed by atoms with Crippen molar-refractivity contribution in [2.24, 2.45) is 0 Å². The van der Waals surface area contributed by atoms with E-state index in [9.17, 15) is 31.1 Å². The number of nitrogens with zero attached hydrogens (tertiary/aromatic N) is 4. The van der Waals surface area contributed by atoms with E-state index in [2.05, 4.69) is 30.4 Å². The van der Waals surface area contributed by atoms with Crippen LogP contribution in [0.3, 0.4) is 0 Å². The molecule has 0 radical (unpaired) electrons. The number of hydrogen-bond donors (Lipinski definition) is 2. The molecule has 0 bridgehead atoms. The van der Waals surface area contributed by atoms with Crippen molar-refractivity contribution in [2.75, 3.05) is 0 Å². The molecule has 0 aliphatic carbocycles. The van der Waals surface area contributed by atoms with Crippen molar-refractivity contribution >= 4 is 5.78 Å². The monoisotopic (exact) mass is 516 g/mol. The summed E-state index contributed by atoms with van der Waals surface area (Å²) in [7, 11) is 0. The van der Waals surface area contributed by atoms with Crippen LogP contribution >= 0.6 is 0 Å². The Bertz CT molecular complexity index is 1330. The first kappa shape index (κ1) is 25.2. The van der Waals surface area contributed by atoms with E-state index >= 15 is 0 Å². The highest BCUT2D eigenvalue weighted by Crippen LogP contribution is 2.34. The first-order chi connectivity index (χ1) is 16.6. The van der Waals surface area contributed by atoms with Crippen LogP contribution in [0.1, 0.15) is 50.2 Å². The van der Waals surface area contributed by atoms with Crippen LogP contribution in [0, 0.1) is 27.7 Å². The Morgan fingerprint density at radius 1 is 0.694 bits per heavy atom. The van der Waals surface area contributed by atoms with Crippen molar-refractivity contribution in [1.82, 2.24) is 30.4 Å². The average Bonchev–Trinajstić information content (AvgIpc) is 3.47. The fraction of sp³-hybridized carbons (Fsp3) is 0.381. The number of rotatable bonds is 6. The number of nitrogens with one attached hydrogen (secondary N) is 2. The molecule has 0 saturated heterocycles. The molecule has 0 fully saturated rings. The molecule has 0 saturated carbocycles. The molecule has 0 aliphatic rings. The smallest absolute Gasteiger partial charge is 0.397 e. The predicted molar refractivity (Wildman–Crippen MR) is 110 cm³/mol. The van der Waals surface area contributed by atoms with E-state index in [4.69, 9.17) is 8.83 Å². The van der Waals surface area contributed by atoms with Gasteiger partial charge in [-0.25, -0.2) is 0 Å². The second kappa shape index (κ2) is 8.64. The Kier molecular flexibility index (Phi) is 6.04. The number of carbonyl (C=O) groups excluding carboxylic acids is 1. The quantitative estimate of drug-likeness (QED) is 0.269. The average molecular weight is 516 g/mol. The van der Waals surface area contributed by atoms with Crippen molar-refractivity contribution in [1.29, 1.82) is 0 Å². The number of H-pyrrole nitrogens is 2. The number of hydrogen-bond acceptors (Lipinski definition) is 7. The molecule has 0 aliphatic heterocycles. The van der Waals surface area contributed by atoms with Gasteiger partial charge in [-0.3, -0.25) is 4.79 Å². The Morgan fingerprint density at radius 2 is 1.06 bits per heavy atom. The Hall–Kier alpha value is -3.91. The van der Waals surface area contributed by atoms with Gasteiger partial charge in [-0.15, -0.1) is 20.4 Å². The summed E-state index contributed by atoms with van der Waals surface area (Å²) in [5.74, 6) is -2.11. The normalized spacial score (nSPS) is 12.5. The van der Waals surface area contributed by atoms with Gasteiger partial charge in [-0.05, 0) is 38.8 Å². The fourth-order valence-electron chi connectivity index (χ4n) is 3.93. The van der Waals surface area contributed by atoms with Crippen LogP contribution in [0.15, 0.2) is 8.83 Å². The van der Waals surface area contributed by atoms with Crippen molar-refractivity contribution < 1.29 is 40.0 Å². The van der Waals surface area contributed by atoms with Gasteiger partial charge in [0.1, 0.15) is 24.2 Å². The summed E-state index contributed by atoms with van der Waals surface area (Å²) in [5, 5.41) is 14.1. The number of aromatic nitrogens is 6. The maximum absolute atomic E-state index is 13.5. The first-order valence-electron chi connectivity index (χ1n) is 10.4. The second-order valence-corrected chi connectivity index (χ2v) is 8.16. The third kappa shape index (κ3) is 4.90. The summed E-state index contributed by atoms with van der Waals surface area (Å²) in [6.45, 7) is 6.32. The highest BCUT2D eigenvalue weighted by molar-refractivity contribution is 6.13. The van der Waals surface area contributed by atoms with Gasteiger partial charge in [0.25, 0.3) is 11.8 Å². The Balaban J connectivity index is 1.68. The molecule has 2 N–H and O–H groups in total. The van der Waals surface area contributed by atoms with Crippen LogP contribution in [0.5, 0.6) is 0 Å². The van der Waals surface area contributed by atoms with Gasteiger partial charge < -0.3 is 18.8 Å².